The van der Waals surface area contributed by atoms with Gasteiger partial charge in [-0.15, -0.1) is 0 Å². The second-order valence-electron chi connectivity index (χ2n) is 7.25. The fraction of sp³-hybridized carbons (Fsp3) is 0.333. The van der Waals surface area contributed by atoms with Crippen LogP contribution in [0.2, 0.25) is 0 Å². The van der Waals surface area contributed by atoms with E-state index in [4.69, 9.17) is 4.74 Å². The van der Waals surface area contributed by atoms with E-state index < -0.39 is 23.5 Å². The molecule has 0 atom stereocenters. The fourth-order valence-corrected chi connectivity index (χ4v) is 2.56. The van der Waals surface area contributed by atoms with Crippen LogP contribution in [0.4, 0.5) is 20.6 Å². The minimum atomic E-state index is -0.731. The summed E-state index contributed by atoms with van der Waals surface area (Å²) in [6.45, 7) is 7.20. The average Bonchev–Trinajstić information content (AvgIpc) is 2.60. The van der Waals surface area contributed by atoms with Crippen molar-refractivity contribution in [2.75, 3.05) is 17.7 Å². The van der Waals surface area contributed by atoms with Crippen LogP contribution in [0, 0.1) is 12.7 Å². The molecule has 2 aromatic rings. The molecule has 0 spiro atoms. The van der Waals surface area contributed by atoms with Crippen LogP contribution in [0.1, 0.15) is 42.3 Å². The van der Waals surface area contributed by atoms with Crippen molar-refractivity contribution < 1.29 is 23.5 Å². The molecule has 0 aliphatic carbocycles. The predicted octanol–water partition coefficient (Wildman–Crippen LogP) is 4.88. The Balaban J connectivity index is 2.18. The monoisotopic (exact) mass is 388 g/mol. The number of carbonyl (C=O) groups excluding carboxylic acids is 2. The van der Waals surface area contributed by atoms with E-state index in [1.807, 2.05) is 6.07 Å². The number of carbonyl (C=O) groups is 2. The maximum absolute atomic E-state index is 14.7. The maximum Gasteiger partial charge on any atom is 0.412 e. The summed E-state index contributed by atoms with van der Waals surface area (Å²) in [4.78, 5) is 23.9. The van der Waals surface area contributed by atoms with Crippen molar-refractivity contribution in [2.24, 2.45) is 0 Å². The summed E-state index contributed by atoms with van der Waals surface area (Å²) >= 11 is 0. The molecule has 0 aromatic heterocycles. The molecule has 150 valence electrons. The Hall–Kier alpha value is -3.09. The lowest BCUT2D eigenvalue weighted by molar-refractivity contribution is 0.0592. The lowest BCUT2D eigenvalue weighted by Gasteiger charge is -2.20. The van der Waals surface area contributed by atoms with E-state index in [9.17, 15) is 14.0 Å². The molecular formula is C21H25FN2O4. The standard InChI is InChI=1S/C21H25FN2O4/c1-13-10-11-16(18(22)17(13)19(25)27-5)23-12-14-8-6-7-9-15(14)24-20(26)28-21(2,3)4/h6-11,23H,12H2,1-5H3,(H,24,26). The summed E-state index contributed by atoms with van der Waals surface area (Å²) in [6, 6.07) is 10.3. The minimum absolute atomic E-state index is 0.104. The van der Waals surface area contributed by atoms with E-state index >= 15 is 0 Å². The number of ether oxygens (including phenoxy) is 2. The van der Waals surface area contributed by atoms with E-state index in [-0.39, 0.29) is 17.8 Å². The zero-order valence-electron chi connectivity index (χ0n) is 16.7. The first-order valence-electron chi connectivity index (χ1n) is 8.81. The number of aryl methyl sites for hydroxylation is 1. The molecule has 0 fully saturated rings. The van der Waals surface area contributed by atoms with E-state index in [0.29, 0.717) is 11.3 Å². The lowest BCUT2D eigenvalue weighted by atomic mass is 10.1. The predicted molar refractivity (Wildman–Crippen MR) is 106 cm³/mol. The summed E-state index contributed by atoms with van der Waals surface area (Å²) in [6.07, 6.45) is -0.575. The van der Waals surface area contributed by atoms with Gasteiger partial charge in [-0.3, -0.25) is 5.32 Å². The molecule has 0 aliphatic heterocycles. The summed E-state index contributed by atoms with van der Waals surface area (Å²) in [5.74, 6) is -1.41. The van der Waals surface area contributed by atoms with Crippen molar-refractivity contribution in [3.63, 3.8) is 0 Å². The lowest BCUT2D eigenvalue weighted by Crippen LogP contribution is -2.27. The van der Waals surface area contributed by atoms with Crippen LogP contribution in [0.25, 0.3) is 0 Å². The Morgan fingerprint density at radius 2 is 1.75 bits per heavy atom. The van der Waals surface area contributed by atoms with Crippen LogP contribution in [0.15, 0.2) is 36.4 Å². The SMILES string of the molecule is COC(=O)c1c(C)ccc(NCc2ccccc2NC(=O)OC(C)(C)C)c1F. The Morgan fingerprint density at radius 3 is 2.39 bits per heavy atom. The minimum Gasteiger partial charge on any atom is -0.465 e. The summed E-state index contributed by atoms with van der Waals surface area (Å²) in [5.41, 5.74) is 1.21. The highest BCUT2D eigenvalue weighted by atomic mass is 19.1. The normalized spacial score (nSPS) is 10.9. The van der Waals surface area contributed by atoms with Crippen molar-refractivity contribution >= 4 is 23.4 Å². The summed E-state index contributed by atoms with van der Waals surface area (Å²) < 4.78 is 24.6. The first kappa shape index (κ1) is 21.2. The molecule has 0 unspecified atom stereocenters. The van der Waals surface area contributed by atoms with Gasteiger partial charge in [0.1, 0.15) is 11.2 Å². The zero-order chi connectivity index (χ0) is 20.9. The number of rotatable bonds is 5. The molecule has 2 aromatic carbocycles. The number of nitrogens with one attached hydrogen (secondary N) is 2. The van der Waals surface area contributed by atoms with Gasteiger partial charge < -0.3 is 14.8 Å². The topological polar surface area (TPSA) is 76.7 Å². The van der Waals surface area contributed by atoms with Crippen molar-refractivity contribution in [1.29, 1.82) is 0 Å². The molecule has 2 rings (SSSR count). The molecular weight excluding hydrogens is 363 g/mol. The third-order valence-electron chi connectivity index (χ3n) is 3.86. The van der Waals surface area contributed by atoms with Gasteiger partial charge in [-0.1, -0.05) is 24.3 Å². The van der Waals surface area contributed by atoms with Gasteiger partial charge in [0, 0.05) is 12.2 Å². The van der Waals surface area contributed by atoms with E-state index in [1.54, 1.807) is 58.0 Å². The van der Waals surface area contributed by atoms with Crippen molar-refractivity contribution in [3.8, 4) is 0 Å². The molecule has 0 aliphatic rings. The Labute approximate surface area is 164 Å². The third-order valence-corrected chi connectivity index (χ3v) is 3.86. The second-order valence-corrected chi connectivity index (χ2v) is 7.25. The molecule has 28 heavy (non-hydrogen) atoms. The van der Waals surface area contributed by atoms with Crippen molar-refractivity contribution in [2.45, 2.75) is 39.8 Å². The highest BCUT2D eigenvalue weighted by Crippen LogP contribution is 2.24. The molecule has 1 amide bonds. The average molecular weight is 388 g/mol. The van der Waals surface area contributed by atoms with Gasteiger partial charge in [-0.25, -0.2) is 14.0 Å². The molecule has 0 saturated carbocycles. The number of halogens is 1. The van der Waals surface area contributed by atoms with Crippen molar-refractivity contribution in [1.82, 2.24) is 0 Å². The van der Waals surface area contributed by atoms with Gasteiger partial charge in [0.05, 0.1) is 12.8 Å². The zero-order valence-corrected chi connectivity index (χ0v) is 16.7. The molecule has 6 nitrogen and oxygen atoms in total. The largest absolute Gasteiger partial charge is 0.465 e. The molecule has 0 radical (unpaired) electrons. The molecule has 0 saturated heterocycles. The van der Waals surface area contributed by atoms with Gasteiger partial charge >= 0.3 is 12.1 Å². The maximum atomic E-state index is 14.7. The number of hydrogen-bond acceptors (Lipinski definition) is 5. The Morgan fingerprint density at radius 1 is 1.07 bits per heavy atom. The number of amides is 1. The Kier molecular flexibility index (Phi) is 6.62. The van der Waals surface area contributed by atoms with Crippen LogP contribution in [-0.4, -0.2) is 24.8 Å². The van der Waals surface area contributed by atoms with Crippen molar-refractivity contribution in [3.05, 3.63) is 58.9 Å². The molecule has 0 heterocycles. The molecule has 0 bridgehead atoms. The van der Waals surface area contributed by atoms with Gasteiger partial charge in [-0.05, 0) is 51.0 Å². The second kappa shape index (κ2) is 8.73. The van der Waals surface area contributed by atoms with Crippen LogP contribution in [0.5, 0.6) is 0 Å². The first-order valence-corrected chi connectivity index (χ1v) is 8.81. The molecule has 7 heteroatoms. The summed E-state index contributed by atoms with van der Waals surface area (Å²) in [5, 5.41) is 5.66. The van der Waals surface area contributed by atoms with Gasteiger partial charge in [-0.2, -0.15) is 0 Å². The van der Waals surface area contributed by atoms with Gasteiger partial charge in [0.2, 0.25) is 0 Å². The number of hydrogen-bond donors (Lipinski definition) is 2. The van der Waals surface area contributed by atoms with Crippen LogP contribution < -0.4 is 10.6 Å². The smallest absolute Gasteiger partial charge is 0.412 e. The van der Waals surface area contributed by atoms with Crippen LogP contribution in [-0.2, 0) is 16.0 Å². The van der Waals surface area contributed by atoms with E-state index in [2.05, 4.69) is 15.4 Å². The quantitative estimate of drug-likeness (QED) is 0.714. The number of para-hydroxylation sites is 1. The third kappa shape index (κ3) is 5.45. The Bertz CT molecular complexity index is 875. The first-order chi connectivity index (χ1) is 13.1. The van der Waals surface area contributed by atoms with E-state index in [0.717, 1.165) is 5.56 Å². The molecule has 2 N–H and O–H groups in total. The highest BCUT2D eigenvalue weighted by Gasteiger charge is 2.19. The van der Waals surface area contributed by atoms with E-state index in [1.165, 1.54) is 7.11 Å². The number of anilines is 2. The highest BCUT2D eigenvalue weighted by molar-refractivity contribution is 5.92. The summed E-state index contributed by atoms with van der Waals surface area (Å²) in [7, 11) is 1.21. The van der Waals surface area contributed by atoms with Crippen LogP contribution >= 0.6 is 0 Å². The fourth-order valence-electron chi connectivity index (χ4n) is 2.56. The number of methoxy groups -OCH3 is 1. The number of esters is 1. The van der Waals surface area contributed by atoms with Crippen LogP contribution in [0.3, 0.4) is 0 Å². The van der Waals surface area contributed by atoms with Gasteiger partial charge in [0.15, 0.2) is 5.82 Å². The van der Waals surface area contributed by atoms with Gasteiger partial charge in [0.25, 0.3) is 0 Å². The number of benzene rings is 2.